The normalized spacial score (nSPS) is 16.6. The molecule has 86 valence electrons. The fourth-order valence-electron chi connectivity index (χ4n) is 1.63. The monoisotopic (exact) mass is 284 g/mol. The Morgan fingerprint density at radius 3 is 3.00 bits per heavy atom. The molecule has 1 aromatic carbocycles. The Balaban J connectivity index is 2.10. The molecular formula is C11H13BrN2O2. The Kier molecular flexibility index (Phi) is 3.46. The fraction of sp³-hybridized carbons (Fsp3) is 0.364. The van der Waals surface area contributed by atoms with Crippen LogP contribution in [-0.2, 0) is 16.1 Å². The van der Waals surface area contributed by atoms with Gasteiger partial charge in [-0.05, 0) is 17.7 Å². The predicted molar refractivity (Wildman–Crippen MR) is 64.8 cm³/mol. The lowest BCUT2D eigenvalue weighted by Crippen LogP contribution is -2.41. The van der Waals surface area contributed by atoms with Crippen LogP contribution in [0.4, 0.5) is 5.69 Å². The van der Waals surface area contributed by atoms with Crippen molar-refractivity contribution in [2.75, 3.05) is 25.5 Å². The van der Waals surface area contributed by atoms with Crippen molar-refractivity contribution in [1.82, 2.24) is 4.90 Å². The number of benzene rings is 1. The molecule has 0 aliphatic carbocycles. The van der Waals surface area contributed by atoms with Crippen LogP contribution in [0, 0.1) is 0 Å². The maximum Gasteiger partial charge on any atom is 0.248 e. The highest BCUT2D eigenvalue weighted by Crippen LogP contribution is 2.20. The second kappa shape index (κ2) is 4.84. The molecule has 2 rings (SSSR count). The number of hydrogen-bond acceptors (Lipinski definition) is 3. The number of carbonyl (C=O) groups is 1. The van der Waals surface area contributed by atoms with Gasteiger partial charge in [-0.1, -0.05) is 22.0 Å². The molecule has 0 bridgehead atoms. The van der Waals surface area contributed by atoms with Gasteiger partial charge in [-0.2, -0.15) is 0 Å². The van der Waals surface area contributed by atoms with E-state index in [9.17, 15) is 4.79 Å². The summed E-state index contributed by atoms with van der Waals surface area (Å²) in [5.41, 5.74) is 7.56. The fourth-order valence-corrected chi connectivity index (χ4v) is 2.01. The van der Waals surface area contributed by atoms with Crippen molar-refractivity contribution in [2.24, 2.45) is 0 Å². The summed E-state index contributed by atoms with van der Waals surface area (Å²) in [6.07, 6.45) is 0. The number of rotatable bonds is 2. The number of nitrogen functional groups attached to an aromatic ring is 1. The lowest BCUT2D eigenvalue weighted by atomic mass is 10.1. The highest BCUT2D eigenvalue weighted by atomic mass is 79.9. The van der Waals surface area contributed by atoms with Crippen LogP contribution in [0.25, 0.3) is 0 Å². The van der Waals surface area contributed by atoms with Crippen LogP contribution >= 0.6 is 15.9 Å². The number of halogens is 1. The topological polar surface area (TPSA) is 55.6 Å². The molecular weight excluding hydrogens is 272 g/mol. The summed E-state index contributed by atoms with van der Waals surface area (Å²) in [6, 6.07) is 5.71. The molecule has 1 aliphatic heterocycles. The van der Waals surface area contributed by atoms with Crippen molar-refractivity contribution >= 4 is 27.5 Å². The van der Waals surface area contributed by atoms with E-state index >= 15 is 0 Å². The minimum Gasteiger partial charge on any atom is -0.398 e. The third kappa shape index (κ3) is 2.54. The Morgan fingerprint density at radius 1 is 1.50 bits per heavy atom. The molecule has 0 spiro atoms. The summed E-state index contributed by atoms with van der Waals surface area (Å²) in [5.74, 6) is 0.0218. The van der Waals surface area contributed by atoms with Crippen LogP contribution < -0.4 is 5.73 Å². The van der Waals surface area contributed by atoms with Gasteiger partial charge < -0.3 is 15.4 Å². The molecule has 1 fully saturated rings. The zero-order chi connectivity index (χ0) is 11.5. The van der Waals surface area contributed by atoms with Gasteiger partial charge in [-0.15, -0.1) is 0 Å². The van der Waals surface area contributed by atoms with Crippen molar-refractivity contribution in [3.63, 3.8) is 0 Å². The smallest absolute Gasteiger partial charge is 0.248 e. The van der Waals surface area contributed by atoms with E-state index in [4.69, 9.17) is 10.5 Å². The average molecular weight is 285 g/mol. The highest BCUT2D eigenvalue weighted by Gasteiger charge is 2.19. The molecule has 1 aliphatic rings. The number of nitrogens with two attached hydrogens (primary N) is 1. The third-order valence-electron chi connectivity index (χ3n) is 2.55. The molecule has 0 atom stereocenters. The van der Waals surface area contributed by atoms with E-state index in [1.165, 1.54) is 0 Å². The molecule has 5 heteroatoms. The average Bonchev–Trinajstić information content (AvgIpc) is 2.25. The van der Waals surface area contributed by atoms with E-state index in [-0.39, 0.29) is 12.5 Å². The van der Waals surface area contributed by atoms with Gasteiger partial charge in [0.2, 0.25) is 5.91 Å². The molecule has 4 nitrogen and oxygen atoms in total. The first kappa shape index (κ1) is 11.4. The SMILES string of the molecule is Nc1cc(Br)ccc1CN1CCOCC1=O. The Hall–Kier alpha value is -1.07. The number of hydrogen-bond donors (Lipinski definition) is 1. The number of carbonyl (C=O) groups excluding carboxylic acids is 1. The molecule has 16 heavy (non-hydrogen) atoms. The Labute approximate surface area is 102 Å². The number of amides is 1. The van der Waals surface area contributed by atoms with E-state index in [0.717, 1.165) is 10.0 Å². The highest BCUT2D eigenvalue weighted by molar-refractivity contribution is 9.10. The van der Waals surface area contributed by atoms with E-state index in [2.05, 4.69) is 15.9 Å². The van der Waals surface area contributed by atoms with Gasteiger partial charge in [0.15, 0.2) is 0 Å². The molecule has 1 amide bonds. The molecule has 0 radical (unpaired) electrons. The minimum atomic E-state index is 0.0218. The van der Waals surface area contributed by atoms with Gasteiger partial charge in [-0.3, -0.25) is 4.79 Å². The van der Waals surface area contributed by atoms with Gasteiger partial charge in [0.25, 0.3) is 0 Å². The van der Waals surface area contributed by atoms with Crippen LogP contribution in [0.15, 0.2) is 22.7 Å². The number of anilines is 1. The maximum atomic E-state index is 11.5. The Morgan fingerprint density at radius 2 is 2.31 bits per heavy atom. The molecule has 1 aromatic rings. The lowest BCUT2D eigenvalue weighted by molar-refractivity contribution is -0.143. The van der Waals surface area contributed by atoms with Crippen LogP contribution in [0.1, 0.15) is 5.56 Å². The van der Waals surface area contributed by atoms with Crippen LogP contribution in [-0.4, -0.2) is 30.6 Å². The largest absolute Gasteiger partial charge is 0.398 e. The quantitative estimate of drug-likeness (QED) is 0.835. The van der Waals surface area contributed by atoms with Gasteiger partial charge in [-0.25, -0.2) is 0 Å². The van der Waals surface area contributed by atoms with Crippen molar-refractivity contribution in [3.05, 3.63) is 28.2 Å². The standard InChI is InChI=1S/C11H13BrN2O2/c12-9-2-1-8(10(13)5-9)6-14-3-4-16-7-11(14)15/h1-2,5H,3-4,6-7,13H2. The van der Waals surface area contributed by atoms with E-state index < -0.39 is 0 Å². The first-order valence-electron chi connectivity index (χ1n) is 5.06. The van der Waals surface area contributed by atoms with Gasteiger partial charge in [0.1, 0.15) is 6.61 Å². The van der Waals surface area contributed by atoms with E-state index in [0.29, 0.717) is 25.4 Å². The first-order valence-corrected chi connectivity index (χ1v) is 5.85. The summed E-state index contributed by atoms with van der Waals surface area (Å²) < 4.78 is 6.02. The molecule has 0 aromatic heterocycles. The number of ether oxygens (including phenoxy) is 1. The summed E-state index contributed by atoms with van der Waals surface area (Å²) in [6.45, 7) is 1.97. The number of nitrogens with zero attached hydrogens (tertiary/aromatic N) is 1. The van der Waals surface area contributed by atoms with E-state index in [1.807, 2.05) is 18.2 Å². The van der Waals surface area contributed by atoms with E-state index in [1.54, 1.807) is 4.90 Å². The summed E-state index contributed by atoms with van der Waals surface area (Å²) >= 11 is 3.35. The van der Waals surface area contributed by atoms with Crippen molar-refractivity contribution in [2.45, 2.75) is 6.54 Å². The molecule has 1 saturated heterocycles. The lowest BCUT2D eigenvalue weighted by Gasteiger charge is -2.27. The molecule has 2 N–H and O–H groups in total. The summed E-state index contributed by atoms with van der Waals surface area (Å²) in [7, 11) is 0. The second-order valence-corrected chi connectivity index (χ2v) is 4.63. The summed E-state index contributed by atoms with van der Waals surface area (Å²) in [5, 5.41) is 0. The van der Waals surface area contributed by atoms with Gasteiger partial charge >= 0.3 is 0 Å². The van der Waals surface area contributed by atoms with Crippen LogP contribution in [0.3, 0.4) is 0 Å². The number of morpholine rings is 1. The van der Waals surface area contributed by atoms with Gasteiger partial charge in [0, 0.05) is 23.2 Å². The Bertz CT molecular complexity index is 409. The molecule has 0 saturated carbocycles. The molecule has 1 heterocycles. The van der Waals surface area contributed by atoms with Gasteiger partial charge in [0.05, 0.1) is 6.61 Å². The van der Waals surface area contributed by atoms with Crippen LogP contribution in [0.5, 0.6) is 0 Å². The van der Waals surface area contributed by atoms with Crippen molar-refractivity contribution in [1.29, 1.82) is 0 Å². The van der Waals surface area contributed by atoms with Crippen LogP contribution in [0.2, 0.25) is 0 Å². The zero-order valence-corrected chi connectivity index (χ0v) is 10.4. The maximum absolute atomic E-state index is 11.5. The molecule has 0 unspecified atom stereocenters. The summed E-state index contributed by atoms with van der Waals surface area (Å²) in [4.78, 5) is 13.3. The van der Waals surface area contributed by atoms with Crippen molar-refractivity contribution in [3.8, 4) is 0 Å². The second-order valence-electron chi connectivity index (χ2n) is 3.71. The minimum absolute atomic E-state index is 0.0218. The predicted octanol–water partition coefficient (Wildman–Crippen LogP) is 1.39. The zero-order valence-electron chi connectivity index (χ0n) is 8.78. The third-order valence-corrected chi connectivity index (χ3v) is 3.05. The first-order chi connectivity index (χ1) is 7.66. The van der Waals surface area contributed by atoms with Crippen molar-refractivity contribution < 1.29 is 9.53 Å².